The molecule has 1 aromatic rings. The van der Waals surface area contributed by atoms with Crippen molar-refractivity contribution in [3.05, 3.63) is 22.5 Å². The minimum atomic E-state index is 0.820. The van der Waals surface area contributed by atoms with Gasteiger partial charge in [0.25, 0.3) is 0 Å². The van der Waals surface area contributed by atoms with Gasteiger partial charge in [-0.1, -0.05) is 38.5 Å². The maximum absolute atomic E-state index is 3.43. The lowest BCUT2D eigenvalue weighted by Gasteiger charge is -2.32. The molecule has 3 aliphatic rings. The number of fused-ring (bicyclic) bond motifs is 1. The van der Waals surface area contributed by atoms with Gasteiger partial charge in [0.2, 0.25) is 0 Å². The summed E-state index contributed by atoms with van der Waals surface area (Å²) in [5.41, 5.74) is 7.20. The summed E-state index contributed by atoms with van der Waals surface area (Å²) in [5.74, 6) is 0.855. The highest BCUT2D eigenvalue weighted by atomic mass is 15.0. The number of rotatable bonds is 5. The van der Waals surface area contributed by atoms with Gasteiger partial charge in [-0.3, -0.25) is 0 Å². The summed E-state index contributed by atoms with van der Waals surface area (Å²) in [6.45, 7) is 1.14. The van der Waals surface area contributed by atoms with Crippen LogP contribution in [-0.4, -0.2) is 18.2 Å². The Hall–Kier alpha value is -0.760. The Kier molecular flexibility index (Phi) is 5.85. The molecule has 2 saturated carbocycles. The summed E-state index contributed by atoms with van der Waals surface area (Å²) in [6, 6.07) is 0.820. The van der Waals surface area contributed by atoms with Crippen LogP contribution in [0.3, 0.4) is 0 Å². The molecule has 1 heterocycles. The van der Waals surface area contributed by atoms with Crippen LogP contribution in [0.1, 0.15) is 112 Å². The van der Waals surface area contributed by atoms with Gasteiger partial charge < -0.3 is 9.88 Å². The molecule has 0 aliphatic heterocycles. The molecule has 3 aliphatic carbocycles. The summed E-state index contributed by atoms with van der Waals surface area (Å²) in [4.78, 5) is 0. The van der Waals surface area contributed by atoms with Crippen molar-refractivity contribution < 1.29 is 0 Å². The first-order valence-corrected chi connectivity index (χ1v) is 11.3. The van der Waals surface area contributed by atoms with Gasteiger partial charge in [0.1, 0.15) is 0 Å². The zero-order valence-electron chi connectivity index (χ0n) is 16.4. The van der Waals surface area contributed by atoms with Crippen LogP contribution in [0.5, 0.6) is 0 Å². The van der Waals surface area contributed by atoms with Crippen molar-refractivity contribution in [2.24, 2.45) is 0 Å². The van der Waals surface area contributed by atoms with Gasteiger partial charge >= 0.3 is 0 Å². The first-order valence-electron chi connectivity index (χ1n) is 11.3. The van der Waals surface area contributed by atoms with Crippen LogP contribution in [0.25, 0.3) is 0 Å². The lowest BCUT2D eigenvalue weighted by atomic mass is 9.83. The molecule has 1 N–H and O–H groups in total. The highest BCUT2D eigenvalue weighted by Gasteiger charge is 2.32. The Labute approximate surface area is 154 Å². The van der Waals surface area contributed by atoms with E-state index < -0.39 is 0 Å². The third-order valence-electron chi connectivity index (χ3n) is 7.22. The van der Waals surface area contributed by atoms with Gasteiger partial charge in [0, 0.05) is 17.4 Å². The average molecular weight is 343 g/mol. The quantitative estimate of drug-likeness (QED) is 0.728. The van der Waals surface area contributed by atoms with E-state index >= 15 is 0 Å². The standard InChI is InChI=1S/C23H38N2/c1-24-17-16-21-20-14-8-9-15-22(20)25(19-12-6-3-7-13-19)23(21)18-10-4-2-5-11-18/h18-19,24H,2-17H2,1H3. The Morgan fingerprint density at radius 3 is 2.24 bits per heavy atom. The molecule has 2 heteroatoms. The van der Waals surface area contributed by atoms with Crippen molar-refractivity contribution in [3.63, 3.8) is 0 Å². The van der Waals surface area contributed by atoms with Crippen LogP contribution in [0.15, 0.2) is 0 Å². The van der Waals surface area contributed by atoms with Crippen molar-refractivity contribution in [3.8, 4) is 0 Å². The summed E-state index contributed by atoms with van der Waals surface area (Å²) in [7, 11) is 2.12. The predicted molar refractivity (Wildman–Crippen MR) is 107 cm³/mol. The van der Waals surface area contributed by atoms with Gasteiger partial charge in [0.15, 0.2) is 0 Å². The molecule has 1 aromatic heterocycles. The third-order valence-corrected chi connectivity index (χ3v) is 7.22. The zero-order valence-corrected chi connectivity index (χ0v) is 16.4. The Morgan fingerprint density at radius 1 is 0.840 bits per heavy atom. The molecule has 0 aromatic carbocycles. The van der Waals surface area contributed by atoms with Crippen molar-refractivity contribution in [1.82, 2.24) is 9.88 Å². The number of hydrogen-bond acceptors (Lipinski definition) is 1. The second kappa shape index (κ2) is 8.29. The molecule has 0 unspecified atom stereocenters. The maximum atomic E-state index is 3.43. The van der Waals surface area contributed by atoms with Crippen LogP contribution in [0, 0.1) is 0 Å². The van der Waals surface area contributed by atoms with E-state index in [0.717, 1.165) is 18.5 Å². The topological polar surface area (TPSA) is 17.0 Å². The van der Waals surface area contributed by atoms with Crippen molar-refractivity contribution >= 4 is 0 Å². The molecule has 2 fully saturated rings. The molecule has 0 bridgehead atoms. The van der Waals surface area contributed by atoms with Crippen LogP contribution in [0.2, 0.25) is 0 Å². The lowest BCUT2D eigenvalue weighted by Crippen LogP contribution is -2.22. The highest BCUT2D eigenvalue weighted by Crippen LogP contribution is 2.44. The van der Waals surface area contributed by atoms with E-state index in [1.807, 2.05) is 5.69 Å². The molecular weight excluding hydrogens is 304 g/mol. The summed E-state index contributed by atoms with van der Waals surface area (Å²) < 4.78 is 2.97. The first-order chi connectivity index (χ1) is 12.4. The molecule has 140 valence electrons. The van der Waals surface area contributed by atoms with E-state index in [0.29, 0.717) is 0 Å². The first kappa shape index (κ1) is 17.6. The SMILES string of the molecule is CNCCc1c2c(n(C3CCCCC3)c1C1CCCCC1)CCCC2. The smallest absolute Gasteiger partial charge is 0.0336 e. The second-order valence-electron chi connectivity index (χ2n) is 8.85. The molecule has 0 radical (unpaired) electrons. The fourth-order valence-corrected chi connectivity index (χ4v) is 6.03. The summed E-state index contributed by atoms with van der Waals surface area (Å²) >= 11 is 0. The van der Waals surface area contributed by atoms with E-state index in [1.54, 1.807) is 16.8 Å². The second-order valence-corrected chi connectivity index (χ2v) is 8.85. The predicted octanol–water partition coefficient (Wildman–Crippen LogP) is 5.68. The summed E-state index contributed by atoms with van der Waals surface area (Å²) in [5, 5.41) is 3.43. The highest BCUT2D eigenvalue weighted by molar-refractivity contribution is 5.43. The fraction of sp³-hybridized carbons (Fsp3) is 0.826. The Bertz CT molecular complexity index is 559. The van der Waals surface area contributed by atoms with Gasteiger partial charge in [-0.25, -0.2) is 0 Å². The Morgan fingerprint density at radius 2 is 1.52 bits per heavy atom. The van der Waals surface area contributed by atoms with E-state index in [9.17, 15) is 0 Å². The number of aromatic nitrogens is 1. The van der Waals surface area contributed by atoms with E-state index in [-0.39, 0.29) is 0 Å². The van der Waals surface area contributed by atoms with Crippen molar-refractivity contribution in [2.75, 3.05) is 13.6 Å². The van der Waals surface area contributed by atoms with Crippen LogP contribution < -0.4 is 5.32 Å². The number of nitrogens with one attached hydrogen (secondary N) is 1. The van der Waals surface area contributed by atoms with Crippen LogP contribution in [0.4, 0.5) is 0 Å². The molecule has 0 saturated heterocycles. The minimum Gasteiger partial charge on any atom is -0.345 e. The van der Waals surface area contributed by atoms with Crippen molar-refractivity contribution in [2.45, 2.75) is 108 Å². The third kappa shape index (κ3) is 3.56. The number of nitrogens with zero attached hydrogens (tertiary/aromatic N) is 1. The fourth-order valence-electron chi connectivity index (χ4n) is 6.03. The molecule has 25 heavy (non-hydrogen) atoms. The monoisotopic (exact) mass is 342 g/mol. The minimum absolute atomic E-state index is 0.820. The zero-order chi connectivity index (χ0) is 17.1. The van der Waals surface area contributed by atoms with Gasteiger partial charge in [-0.15, -0.1) is 0 Å². The van der Waals surface area contributed by atoms with E-state index in [2.05, 4.69) is 16.9 Å². The van der Waals surface area contributed by atoms with Crippen LogP contribution >= 0.6 is 0 Å². The molecule has 0 amide bonds. The average Bonchev–Trinajstić information content (AvgIpc) is 3.02. The Balaban J connectivity index is 1.79. The van der Waals surface area contributed by atoms with E-state index in [4.69, 9.17) is 0 Å². The number of hydrogen-bond donors (Lipinski definition) is 1. The van der Waals surface area contributed by atoms with E-state index in [1.165, 1.54) is 96.3 Å². The number of likely N-dealkylation sites (N-methyl/N-ethyl adjacent to an activating group) is 1. The largest absolute Gasteiger partial charge is 0.345 e. The molecule has 0 spiro atoms. The maximum Gasteiger partial charge on any atom is 0.0336 e. The van der Waals surface area contributed by atoms with Gasteiger partial charge in [-0.05, 0) is 88.4 Å². The molecule has 0 atom stereocenters. The molecular formula is C23H38N2. The van der Waals surface area contributed by atoms with Crippen LogP contribution in [-0.2, 0) is 19.3 Å². The molecule has 4 rings (SSSR count). The lowest BCUT2D eigenvalue weighted by molar-refractivity contribution is 0.322. The van der Waals surface area contributed by atoms with Crippen molar-refractivity contribution in [1.29, 1.82) is 0 Å². The summed E-state index contributed by atoms with van der Waals surface area (Å²) in [6.07, 6.45) is 21.3. The van der Waals surface area contributed by atoms with Gasteiger partial charge in [0.05, 0.1) is 0 Å². The van der Waals surface area contributed by atoms with Gasteiger partial charge in [-0.2, -0.15) is 0 Å². The normalized spacial score (nSPS) is 22.9. The molecule has 2 nitrogen and oxygen atoms in total.